The molecule has 0 aliphatic carbocycles. The third-order valence-corrected chi connectivity index (χ3v) is 0. The van der Waals surface area contributed by atoms with Crippen molar-refractivity contribution in [2.24, 2.45) is 0 Å². The van der Waals surface area contributed by atoms with Crippen molar-refractivity contribution in [3.63, 3.8) is 0 Å². The summed E-state index contributed by atoms with van der Waals surface area (Å²) in [6.45, 7) is 0. The molecule has 5 heavy (non-hydrogen) atoms. The molecule has 0 aliphatic heterocycles. The molecule has 0 aromatic heterocycles. The van der Waals surface area contributed by atoms with E-state index in [1.807, 2.05) is 0 Å². The van der Waals surface area contributed by atoms with Crippen LogP contribution in [0.4, 0.5) is 0 Å². The summed E-state index contributed by atoms with van der Waals surface area (Å²) in [5.74, 6) is 0. The average molecular weight is 120 g/mol. The van der Waals surface area contributed by atoms with Gasteiger partial charge in [-0.2, -0.15) is 0 Å². The van der Waals surface area contributed by atoms with Crippen molar-refractivity contribution in [3.05, 3.63) is 0 Å². The molecule has 0 unspecified atom stereocenters. The predicted molar refractivity (Wildman–Crippen MR) is 17.6 cm³/mol. The van der Waals surface area contributed by atoms with Gasteiger partial charge in [0.25, 0.3) is 0 Å². The minimum absolute atomic E-state index is 0. The summed E-state index contributed by atoms with van der Waals surface area (Å²) < 4.78 is 8.85. The Morgan fingerprint density at radius 3 is 1.60 bits per heavy atom. The van der Waals surface area contributed by atoms with Gasteiger partial charge in [-0.15, -0.1) is 0 Å². The normalized spacial score (nSPS) is 2.60. The Balaban J connectivity index is -0.0000000200. The van der Waals surface area contributed by atoms with Gasteiger partial charge in [0.1, 0.15) is 0 Å². The van der Waals surface area contributed by atoms with Gasteiger partial charge in [0.2, 0.25) is 6.26 Å². The molecule has 0 rings (SSSR count). The van der Waals surface area contributed by atoms with E-state index in [4.69, 9.17) is 4.21 Å². The first kappa shape index (κ1) is 16.0. The molecule has 0 atom stereocenters. The van der Waals surface area contributed by atoms with Crippen LogP contribution < -0.4 is 51.4 Å². The maximum Gasteiger partial charge on any atom is 1.00 e. The molecule has 0 aromatic rings. The van der Waals surface area contributed by atoms with Crippen LogP contribution in [-0.2, 0) is 15.9 Å². The number of hydrogen-bond acceptors (Lipinski definition) is 1. The second kappa shape index (κ2) is 17.5. The van der Waals surface area contributed by atoms with Gasteiger partial charge in [0.15, 0.2) is 0 Å². The van der Waals surface area contributed by atoms with E-state index >= 15 is 0 Å². The summed E-state index contributed by atoms with van der Waals surface area (Å²) in [6.07, 6.45) is 1.49. The third kappa shape index (κ3) is 28.1. The summed E-state index contributed by atoms with van der Waals surface area (Å²) in [4.78, 5) is 0. The molecule has 0 fully saturated rings. The summed E-state index contributed by atoms with van der Waals surface area (Å²) in [5.41, 5.74) is 0. The van der Waals surface area contributed by atoms with Crippen molar-refractivity contribution in [3.8, 4) is 0 Å². The van der Waals surface area contributed by atoms with Crippen LogP contribution in [-0.4, -0.2) is 11.7 Å². The molecule has 0 saturated carbocycles. The fourth-order valence-corrected chi connectivity index (χ4v) is 0. The maximum atomic E-state index is 8.85. The predicted octanol–water partition coefficient (Wildman–Crippen LogP) is -3.78. The van der Waals surface area contributed by atoms with Crippen molar-refractivity contribution >= 4 is 11.7 Å². The quantitative estimate of drug-likeness (QED) is 0.239. The van der Waals surface area contributed by atoms with Crippen LogP contribution in [0.1, 0.15) is 0 Å². The summed E-state index contributed by atoms with van der Waals surface area (Å²) >= 11 is 0.500. The van der Waals surface area contributed by atoms with Gasteiger partial charge < -0.3 is 5.48 Å². The molecular formula is CH5KO2S+2. The largest absolute Gasteiger partial charge is 1.00 e. The fraction of sp³-hybridized carbons (Fsp3) is 1.00. The van der Waals surface area contributed by atoms with Gasteiger partial charge in [-0.3, -0.25) is 0 Å². The van der Waals surface area contributed by atoms with Crippen LogP contribution in [0, 0.1) is 0 Å². The van der Waals surface area contributed by atoms with Crippen LogP contribution in [0.5, 0.6) is 0 Å². The van der Waals surface area contributed by atoms with Crippen LogP contribution in [0.25, 0.3) is 0 Å². The second-order valence-corrected chi connectivity index (χ2v) is 0.500. The Morgan fingerprint density at radius 2 is 1.60 bits per heavy atom. The van der Waals surface area contributed by atoms with Crippen LogP contribution in [0.2, 0.25) is 0 Å². The molecule has 0 aromatic carbocycles. The monoisotopic (exact) mass is 120 g/mol. The van der Waals surface area contributed by atoms with Gasteiger partial charge in [-0.25, -0.2) is 0 Å². The zero-order chi connectivity index (χ0) is 2.71. The van der Waals surface area contributed by atoms with Crippen LogP contribution >= 0.6 is 0 Å². The zero-order valence-electron chi connectivity index (χ0n) is 3.32. The van der Waals surface area contributed by atoms with E-state index in [1.165, 1.54) is 6.26 Å². The molecule has 0 saturated heterocycles. The molecule has 0 amide bonds. The minimum atomic E-state index is 0. The van der Waals surface area contributed by atoms with E-state index in [2.05, 4.69) is 0 Å². The smallest absolute Gasteiger partial charge is 0.412 e. The molecule has 0 bridgehead atoms. The summed E-state index contributed by atoms with van der Waals surface area (Å²) in [7, 11) is 0. The summed E-state index contributed by atoms with van der Waals surface area (Å²) in [6, 6.07) is 0. The zero-order valence-corrected chi connectivity index (χ0v) is 7.26. The topological polar surface area (TPSA) is 48.6 Å². The van der Waals surface area contributed by atoms with E-state index < -0.39 is 0 Å². The Labute approximate surface area is 77.5 Å². The number of hydrogen-bond donors (Lipinski definition) is 0. The molecule has 2 N–H and O–H groups in total. The third-order valence-electron chi connectivity index (χ3n) is 0. The minimum Gasteiger partial charge on any atom is -0.412 e. The average Bonchev–Trinajstić information content (AvgIpc) is 0.918. The van der Waals surface area contributed by atoms with Gasteiger partial charge in [0, 0.05) is 4.21 Å². The molecule has 0 aliphatic rings. The van der Waals surface area contributed by atoms with E-state index in [0.29, 0.717) is 11.7 Å². The molecule has 0 spiro atoms. The fourth-order valence-electron chi connectivity index (χ4n) is 0. The standard InChI is InChI=1S/CH3OS.K.H2O/c1-3-2;;/h1H3;;1H2/q2*+1;. The van der Waals surface area contributed by atoms with E-state index in [1.54, 1.807) is 0 Å². The molecular weight excluding hydrogens is 115 g/mol. The van der Waals surface area contributed by atoms with E-state index in [9.17, 15) is 0 Å². The van der Waals surface area contributed by atoms with Gasteiger partial charge in [-0.1, -0.05) is 0 Å². The SMILES string of the molecule is C[S+]=O.O.[K+]. The van der Waals surface area contributed by atoms with E-state index in [0.717, 1.165) is 0 Å². The summed E-state index contributed by atoms with van der Waals surface area (Å²) in [5, 5.41) is 0. The molecule has 2 nitrogen and oxygen atoms in total. The van der Waals surface area contributed by atoms with Crippen LogP contribution in [0.15, 0.2) is 0 Å². The second-order valence-electron chi connectivity index (χ2n) is 0.167. The van der Waals surface area contributed by atoms with Gasteiger partial charge in [-0.05, 0) is 0 Å². The van der Waals surface area contributed by atoms with E-state index in [-0.39, 0.29) is 56.9 Å². The van der Waals surface area contributed by atoms with Crippen molar-refractivity contribution in [1.82, 2.24) is 0 Å². The van der Waals surface area contributed by atoms with Gasteiger partial charge >= 0.3 is 63.1 Å². The van der Waals surface area contributed by atoms with Crippen LogP contribution in [0.3, 0.4) is 0 Å². The Bertz CT molecular complexity index is 17.1. The Hall–Kier alpha value is 1.62. The van der Waals surface area contributed by atoms with Crippen molar-refractivity contribution in [2.45, 2.75) is 0 Å². The van der Waals surface area contributed by atoms with Gasteiger partial charge in [0.05, 0.1) is 0 Å². The maximum absolute atomic E-state index is 8.85. The Morgan fingerprint density at radius 1 is 1.60 bits per heavy atom. The molecule has 26 valence electrons. The Kier molecular flexibility index (Phi) is 55.8. The first-order chi connectivity index (χ1) is 1.41. The molecule has 0 radical (unpaired) electrons. The van der Waals surface area contributed by atoms with Crippen molar-refractivity contribution < 1.29 is 61.1 Å². The molecule has 0 heterocycles. The number of rotatable bonds is 0. The first-order valence-electron chi connectivity index (χ1n) is 0.575. The van der Waals surface area contributed by atoms with Crippen molar-refractivity contribution in [1.29, 1.82) is 0 Å². The van der Waals surface area contributed by atoms with Crippen molar-refractivity contribution in [2.75, 3.05) is 6.26 Å². The first-order valence-corrected chi connectivity index (χ1v) is 1.72. The molecule has 4 heteroatoms.